The molecular formula is C12H22BNO4. The van der Waals surface area contributed by atoms with E-state index in [0.29, 0.717) is 12.3 Å². The molecule has 2 aliphatic heterocycles. The highest BCUT2D eigenvalue weighted by molar-refractivity contribution is 6.43. The average Bonchev–Trinajstić information content (AvgIpc) is 2.88. The van der Waals surface area contributed by atoms with Gasteiger partial charge in [-0.25, -0.2) is 0 Å². The summed E-state index contributed by atoms with van der Waals surface area (Å²) in [6, 6.07) is 0. The summed E-state index contributed by atoms with van der Waals surface area (Å²) in [5.41, 5.74) is 0. The second-order valence-electron chi connectivity index (χ2n) is 5.87. The van der Waals surface area contributed by atoms with Crippen LogP contribution in [0.3, 0.4) is 0 Å². The van der Waals surface area contributed by atoms with E-state index < -0.39 is 13.1 Å². The maximum absolute atomic E-state index is 12.1. The number of carbonyl (C=O) groups is 1. The molecule has 2 aliphatic rings. The molecule has 2 saturated heterocycles. The Kier molecular flexibility index (Phi) is 4.30. The van der Waals surface area contributed by atoms with E-state index >= 15 is 0 Å². The summed E-state index contributed by atoms with van der Waals surface area (Å²) in [4.78, 5) is 12.1. The summed E-state index contributed by atoms with van der Waals surface area (Å²) >= 11 is 0. The standard InChI is InChI=1S/C12H22BNO4/c1-7(2)5-11(13(16)17)14-12(15)9-6-8-3-4-10(9)18-8/h7-11,16-17H,3-6H2,1-2H3,(H,14,15)/t8-,9-,10+,11?/m1/s1. The third kappa shape index (κ3) is 3.05. The Hall–Kier alpha value is -0.585. The molecule has 1 amide bonds. The first kappa shape index (κ1) is 13.8. The monoisotopic (exact) mass is 255 g/mol. The van der Waals surface area contributed by atoms with Gasteiger partial charge in [-0.3, -0.25) is 4.79 Å². The molecule has 18 heavy (non-hydrogen) atoms. The number of amides is 1. The summed E-state index contributed by atoms with van der Waals surface area (Å²) in [5, 5.41) is 21.3. The van der Waals surface area contributed by atoms with E-state index in [-0.39, 0.29) is 24.0 Å². The first-order valence-electron chi connectivity index (χ1n) is 6.79. The van der Waals surface area contributed by atoms with Crippen molar-refractivity contribution in [2.24, 2.45) is 11.8 Å². The van der Waals surface area contributed by atoms with Gasteiger partial charge in [0.25, 0.3) is 0 Å². The maximum atomic E-state index is 12.1. The smallest absolute Gasteiger partial charge is 0.426 e. The number of fused-ring (bicyclic) bond motifs is 2. The quantitative estimate of drug-likeness (QED) is 0.609. The summed E-state index contributed by atoms with van der Waals surface area (Å²) in [5.74, 6) is -0.497. The van der Waals surface area contributed by atoms with Crippen molar-refractivity contribution in [2.75, 3.05) is 0 Å². The lowest BCUT2D eigenvalue weighted by Crippen LogP contribution is -2.50. The lowest BCUT2D eigenvalue weighted by molar-refractivity contribution is -0.127. The van der Waals surface area contributed by atoms with Crippen molar-refractivity contribution in [2.45, 2.75) is 57.7 Å². The molecule has 2 heterocycles. The first-order valence-corrected chi connectivity index (χ1v) is 6.79. The minimum absolute atomic E-state index is 0.0329. The predicted octanol–water partition coefficient (Wildman–Crippen LogP) is 0.0968. The fourth-order valence-electron chi connectivity index (χ4n) is 2.97. The molecule has 102 valence electrons. The Labute approximate surface area is 108 Å². The second-order valence-corrected chi connectivity index (χ2v) is 5.87. The summed E-state index contributed by atoms with van der Waals surface area (Å²) in [7, 11) is -1.50. The van der Waals surface area contributed by atoms with E-state index in [1.807, 2.05) is 13.8 Å². The lowest BCUT2D eigenvalue weighted by atomic mass is 9.74. The van der Waals surface area contributed by atoms with Crippen LogP contribution in [0.25, 0.3) is 0 Å². The highest BCUT2D eigenvalue weighted by Crippen LogP contribution is 2.38. The zero-order valence-corrected chi connectivity index (χ0v) is 11.0. The van der Waals surface area contributed by atoms with E-state index in [9.17, 15) is 14.8 Å². The van der Waals surface area contributed by atoms with Crippen LogP contribution in [0.5, 0.6) is 0 Å². The zero-order chi connectivity index (χ0) is 13.3. The van der Waals surface area contributed by atoms with Crippen molar-refractivity contribution in [3.8, 4) is 0 Å². The van der Waals surface area contributed by atoms with Crippen LogP contribution in [0, 0.1) is 11.8 Å². The molecule has 0 aromatic heterocycles. The highest BCUT2D eigenvalue weighted by atomic mass is 16.5. The molecule has 2 rings (SSSR count). The van der Waals surface area contributed by atoms with Gasteiger partial charge < -0.3 is 20.1 Å². The molecule has 2 bridgehead atoms. The van der Waals surface area contributed by atoms with Gasteiger partial charge in [-0.1, -0.05) is 13.8 Å². The topological polar surface area (TPSA) is 78.8 Å². The average molecular weight is 255 g/mol. The van der Waals surface area contributed by atoms with Gasteiger partial charge in [-0.2, -0.15) is 0 Å². The van der Waals surface area contributed by atoms with Gasteiger partial charge in [-0.05, 0) is 31.6 Å². The first-order chi connectivity index (χ1) is 8.47. The molecule has 0 aromatic carbocycles. The molecule has 0 radical (unpaired) electrons. The molecule has 4 atom stereocenters. The number of nitrogens with one attached hydrogen (secondary N) is 1. The second kappa shape index (κ2) is 5.59. The SMILES string of the molecule is CC(C)CC(NC(=O)[C@@H]1C[C@H]2CC[C@@H]1O2)B(O)O. The third-order valence-electron chi connectivity index (χ3n) is 3.86. The predicted molar refractivity (Wildman–Crippen MR) is 67.6 cm³/mol. The molecular weight excluding hydrogens is 233 g/mol. The Morgan fingerprint density at radius 2 is 2.17 bits per heavy atom. The van der Waals surface area contributed by atoms with Gasteiger partial charge in [0.1, 0.15) is 0 Å². The normalized spacial score (nSPS) is 31.7. The van der Waals surface area contributed by atoms with Gasteiger partial charge in [0.15, 0.2) is 0 Å². The third-order valence-corrected chi connectivity index (χ3v) is 3.86. The van der Waals surface area contributed by atoms with Crippen molar-refractivity contribution in [3.05, 3.63) is 0 Å². The van der Waals surface area contributed by atoms with Crippen LogP contribution >= 0.6 is 0 Å². The van der Waals surface area contributed by atoms with Crippen molar-refractivity contribution < 1.29 is 19.6 Å². The van der Waals surface area contributed by atoms with E-state index in [0.717, 1.165) is 19.3 Å². The largest absolute Gasteiger partial charge is 0.475 e. The van der Waals surface area contributed by atoms with Crippen molar-refractivity contribution in [1.29, 1.82) is 0 Å². The maximum Gasteiger partial charge on any atom is 0.475 e. The summed E-state index contributed by atoms with van der Waals surface area (Å²) < 4.78 is 5.64. The lowest BCUT2D eigenvalue weighted by Gasteiger charge is -2.24. The van der Waals surface area contributed by atoms with Gasteiger partial charge in [0.05, 0.1) is 24.1 Å². The van der Waals surface area contributed by atoms with Crippen LogP contribution in [0.4, 0.5) is 0 Å². The Balaban J connectivity index is 1.88. The van der Waals surface area contributed by atoms with E-state index in [1.54, 1.807) is 0 Å². The van der Waals surface area contributed by atoms with Crippen LogP contribution in [-0.2, 0) is 9.53 Å². The molecule has 1 unspecified atom stereocenters. The van der Waals surface area contributed by atoms with Gasteiger partial charge in [0.2, 0.25) is 5.91 Å². The van der Waals surface area contributed by atoms with E-state index in [1.165, 1.54) is 0 Å². The van der Waals surface area contributed by atoms with E-state index in [4.69, 9.17) is 4.74 Å². The highest BCUT2D eigenvalue weighted by Gasteiger charge is 2.45. The van der Waals surface area contributed by atoms with Crippen LogP contribution in [0.1, 0.15) is 39.5 Å². The van der Waals surface area contributed by atoms with Gasteiger partial charge in [-0.15, -0.1) is 0 Å². The molecule has 0 saturated carbocycles. The molecule has 5 nitrogen and oxygen atoms in total. The van der Waals surface area contributed by atoms with Crippen molar-refractivity contribution in [3.63, 3.8) is 0 Å². The van der Waals surface area contributed by atoms with Crippen molar-refractivity contribution >= 4 is 13.0 Å². The molecule has 3 N–H and O–H groups in total. The Bertz CT molecular complexity index is 310. The molecule has 0 aliphatic carbocycles. The van der Waals surface area contributed by atoms with Crippen LogP contribution in [0.2, 0.25) is 0 Å². The number of hydrogen-bond acceptors (Lipinski definition) is 4. The minimum atomic E-state index is -1.50. The Morgan fingerprint density at radius 1 is 1.44 bits per heavy atom. The molecule has 0 spiro atoms. The van der Waals surface area contributed by atoms with Crippen LogP contribution in [-0.4, -0.2) is 41.2 Å². The number of rotatable bonds is 5. The molecule has 6 heteroatoms. The minimum Gasteiger partial charge on any atom is -0.426 e. The number of carbonyl (C=O) groups excluding carboxylic acids is 1. The Morgan fingerprint density at radius 3 is 2.61 bits per heavy atom. The van der Waals surface area contributed by atoms with Gasteiger partial charge in [0, 0.05) is 0 Å². The zero-order valence-electron chi connectivity index (χ0n) is 11.0. The van der Waals surface area contributed by atoms with Crippen molar-refractivity contribution in [1.82, 2.24) is 5.32 Å². The van der Waals surface area contributed by atoms with Gasteiger partial charge >= 0.3 is 7.12 Å². The number of ether oxygens (including phenoxy) is 1. The van der Waals surface area contributed by atoms with Crippen LogP contribution < -0.4 is 5.32 Å². The van der Waals surface area contributed by atoms with Crippen LogP contribution in [0.15, 0.2) is 0 Å². The molecule has 0 aromatic rings. The molecule has 2 fully saturated rings. The number of hydrogen-bond donors (Lipinski definition) is 3. The fourth-order valence-corrected chi connectivity index (χ4v) is 2.97. The fraction of sp³-hybridized carbons (Fsp3) is 0.917. The summed E-state index contributed by atoms with van der Waals surface area (Å²) in [6.45, 7) is 3.98. The van der Waals surface area contributed by atoms with E-state index in [2.05, 4.69) is 5.32 Å². The summed E-state index contributed by atoms with van der Waals surface area (Å²) in [6.07, 6.45) is 3.59.